The average molecular weight is 357 g/mol. The van der Waals surface area contributed by atoms with Gasteiger partial charge in [-0.3, -0.25) is 0 Å². The number of hydrogen-bond donors (Lipinski definition) is 0. The van der Waals surface area contributed by atoms with Crippen LogP contribution in [-0.4, -0.2) is 4.98 Å². The summed E-state index contributed by atoms with van der Waals surface area (Å²) in [5, 5.41) is 2.76. The second-order valence-corrected chi connectivity index (χ2v) is 5.21. The number of hydrogen-bond acceptors (Lipinski definition) is 3. The van der Waals surface area contributed by atoms with Gasteiger partial charge < -0.3 is 4.42 Å². The van der Waals surface area contributed by atoms with Gasteiger partial charge in [0.2, 0.25) is 0 Å². The van der Waals surface area contributed by atoms with E-state index in [1.54, 1.807) is 0 Å². The quantitative estimate of drug-likeness (QED) is 0.730. The first-order chi connectivity index (χ1) is 6.70. The van der Waals surface area contributed by atoms with Crippen LogP contribution in [0.1, 0.15) is 5.69 Å². The SMILES string of the molecule is ClCc1csc(-c2cc(Br)c(Br)o2)n1. The maximum atomic E-state index is 5.66. The van der Waals surface area contributed by atoms with E-state index in [1.807, 2.05) is 11.4 Å². The van der Waals surface area contributed by atoms with Gasteiger partial charge in [0.05, 0.1) is 16.0 Å². The molecular weight excluding hydrogens is 353 g/mol. The lowest BCUT2D eigenvalue weighted by atomic mass is 10.5. The lowest BCUT2D eigenvalue weighted by molar-refractivity contribution is 0.553. The van der Waals surface area contributed by atoms with Gasteiger partial charge in [0.25, 0.3) is 0 Å². The molecule has 2 nitrogen and oxygen atoms in total. The van der Waals surface area contributed by atoms with Crippen molar-refractivity contribution in [2.45, 2.75) is 5.88 Å². The molecule has 2 rings (SSSR count). The second-order valence-electron chi connectivity index (χ2n) is 2.51. The first kappa shape index (κ1) is 10.7. The van der Waals surface area contributed by atoms with Crippen LogP contribution in [0.25, 0.3) is 10.8 Å². The van der Waals surface area contributed by atoms with Crippen LogP contribution in [0.4, 0.5) is 0 Å². The van der Waals surface area contributed by atoms with Crippen LogP contribution in [0.5, 0.6) is 0 Å². The Kier molecular flexibility index (Phi) is 3.31. The molecule has 0 unspecified atom stereocenters. The highest BCUT2D eigenvalue weighted by molar-refractivity contribution is 9.13. The highest BCUT2D eigenvalue weighted by atomic mass is 79.9. The van der Waals surface area contributed by atoms with Gasteiger partial charge in [0, 0.05) is 11.4 Å². The molecular formula is C8H4Br2ClNOS. The van der Waals surface area contributed by atoms with Gasteiger partial charge in [-0.25, -0.2) is 4.98 Å². The zero-order chi connectivity index (χ0) is 10.1. The Morgan fingerprint density at radius 2 is 2.29 bits per heavy atom. The van der Waals surface area contributed by atoms with Crippen molar-refractivity contribution in [3.05, 3.63) is 26.3 Å². The predicted octanol–water partition coefficient (Wildman–Crippen LogP) is 4.67. The largest absolute Gasteiger partial charge is 0.446 e. The summed E-state index contributed by atoms with van der Waals surface area (Å²) in [4.78, 5) is 4.30. The van der Waals surface area contributed by atoms with Crippen LogP contribution in [0.3, 0.4) is 0 Å². The van der Waals surface area contributed by atoms with Crippen molar-refractivity contribution >= 4 is 54.8 Å². The Morgan fingerprint density at radius 1 is 1.50 bits per heavy atom. The maximum Gasteiger partial charge on any atom is 0.184 e. The lowest BCUT2D eigenvalue weighted by Gasteiger charge is -1.86. The molecule has 0 saturated heterocycles. The summed E-state index contributed by atoms with van der Waals surface area (Å²) in [6.45, 7) is 0. The van der Waals surface area contributed by atoms with Crippen molar-refractivity contribution in [1.82, 2.24) is 4.98 Å². The number of nitrogens with zero attached hydrogens (tertiary/aromatic N) is 1. The number of furan rings is 1. The van der Waals surface area contributed by atoms with Gasteiger partial charge in [0.1, 0.15) is 0 Å². The van der Waals surface area contributed by atoms with E-state index >= 15 is 0 Å². The minimum absolute atomic E-state index is 0.430. The van der Waals surface area contributed by atoms with Crippen LogP contribution in [0.2, 0.25) is 0 Å². The number of aromatic nitrogens is 1. The van der Waals surface area contributed by atoms with Crippen molar-refractivity contribution in [3.63, 3.8) is 0 Å². The van der Waals surface area contributed by atoms with Crippen molar-refractivity contribution in [3.8, 4) is 10.8 Å². The molecule has 0 aliphatic rings. The standard InChI is InChI=1S/C8H4Br2ClNOS/c9-5-1-6(13-7(5)10)8-12-4(2-11)3-14-8/h1,3H,2H2. The number of alkyl halides is 1. The monoisotopic (exact) mass is 355 g/mol. The molecule has 0 bridgehead atoms. The molecule has 2 aromatic rings. The Bertz CT molecular complexity index is 434. The Hall–Kier alpha value is 0.160. The molecule has 14 heavy (non-hydrogen) atoms. The predicted molar refractivity (Wildman–Crippen MR) is 64.8 cm³/mol. The summed E-state index contributed by atoms with van der Waals surface area (Å²) < 4.78 is 6.99. The van der Waals surface area contributed by atoms with Crippen LogP contribution < -0.4 is 0 Å². The van der Waals surface area contributed by atoms with Crippen molar-refractivity contribution in [2.75, 3.05) is 0 Å². The van der Waals surface area contributed by atoms with Gasteiger partial charge in [-0.1, -0.05) is 0 Å². The summed E-state index contributed by atoms with van der Waals surface area (Å²) >= 11 is 13.8. The normalized spacial score (nSPS) is 10.8. The Labute approximate surface area is 107 Å². The highest BCUT2D eigenvalue weighted by Gasteiger charge is 2.11. The minimum Gasteiger partial charge on any atom is -0.446 e. The molecule has 6 heteroatoms. The first-order valence-corrected chi connectivity index (χ1v) is 6.66. The summed E-state index contributed by atoms with van der Waals surface area (Å²) in [6.07, 6.45) is 0. The lowest BCUT2D eigenvalue weighted by Crippen LogP contribution is -1.76. The van der Waals surface area contributed by atoms with Crippen LogP contribution in [0.15, 0.2) is 25.0 Å². The molecule has 0 aromatic carbocycles. The summed E-state index contributed by atoms with van der Waals surface area (Å²) in [7, 11) is 0. The molecule has 0 fully saturated rings. The molecule has 74 valence electrons. The zero-order valence-corrected chi connectivity index (χ0v) is 11.5. The van der Waals surface area contributed by atoms with Crippen molar-refractivity contribution in [2.24, 2.45) is 0 Å². The maximum absolute atomic E-state index is 5.66. The average Bonchev–Trinajstić information content (AvgIpc) is 2.74. The Balaban J connectivity index is 2.39. The molecule has 0 N–H and O–H groups in total. The summed E-state index contributed by atoms with van der Waals surface area (Å²) in [5.74, 6) is 1.17. The minimum atomic E-state index is 0.430. The molecule has 0 spiro atoms. The third-order valence-corrected chi connectivity index (χ3v) is 4.43. The van der Waals surface area contributed by atoms with E-state index in [0.29, 0.717) is 10.5 Å². The number of thiazole rings is 1. The van der Waals surface area contributed by atoms with Crippen molar-refractivity contribution < 1.29 is 4.42 Å². The van der Waals surface area contributed by atoms with E-state index in [-0.39, 0.29) is 0 Å². The molecule has 0 saturated carbocycles. The smallest absolute Gasteiger partial charge is 0.184 e. The van der Waals surface area contributed by atoms with Crippen LogP contribution in [-0.2, 0) is 5.88 Å². The van der Waals surface area contributed by atoms with Gasteiger partial charge >= 0.3 is 0 Å². The fourth-order valence-electron chi connectivity index (χ4n) is 0.934. The second kappa shape index (κ2) is 4.35. The molecule has 0 atom stereocenters. The highest BCUT2D eigenvalue weighted by Crippen LogP contribution is 2.34. The van der Waals surface area contributed by atoms with E-state index < -0.39 is 0 Å². The van der Waals surface area contributed by atoms with Gasteiger partial charge in [-0.05, 0) is 31.9 Å². The van der Waals surface area contributed by atoms with E-state index in [9.17, 15) is 0 Å². The third kappa shape index (κ3) is 2.05. The molecule has 0 aliphatic heterocycles. The van der Waals surface area contributed by atoms with E-state index in [2.05, 4.69) is 36.8 Å². The van der Waals surface area contributed by atoms with Crippen molar-refractivity contribution in [1.29, 1.82) is 0 Å². The molecule has 0 amide bonds. The third-order valence-electron chi connectivity index (χ3n) is 1.54. The zero-order valence-electron chi connectivity index (χ0n) is 6.76. The summed E-state index contributed by atoms with van der Waals surface area (Å²) in [6, 6.07) is 1.88. The van der Waals surface area contributed by atoms with E-state index in [4.69, 9.17) is 16.0 Å². The summed E-state index contributed by atoms with van der Waals surface area (Å²) in [5.41, 5.74) is 0.871. The fourth-order valence-corrected chi connectivity index (χ4v) is 2.51. The molecule has 2 heterocycles. The van der Waals surface area contributed by atoms with Crippen LogP contribution in [0, 0.1) is 0 Å². The number of halogens is 3. The van der Waals surface area contributed by atoms with E-state index in [0.717, 1.165) is 20.9 Å². The number of rotatable bonds is 2. The van der Waals surface area contributed by atoms with Gasteiger partial charge in [-0.15, -0.1) is 22.9 Å². The molecule has 0 radical (unpaired) electrons. The fraction of sp³-hybridized carbons (Fsp3) is 0.125. The Morgan fingerprint density at radius 3 is 2.79 bits per heavy atom. The van der Waals surface area contributed by atoms with Crippen LogP contribution >= 0.6 is 54.8 Å². The first-order valence-electron chi connectivity index (χ1n) is 3.66. The topological polar surface area (TPSA) is 26.0 Å². The molecule has 0 aliphatic carbocycles. The van der Waals surface area contributed by atoms with E-state index in [1.165, 1.54) is 11.3 Å². The van der Waals surface area contributed by atoms with Gasteiger partial charge in [0.15, 0.2) is 15.4 Å². The molecule has 2 aromatic heterocycles. The van der Waals surface area contributed by atoms with Gasteiger partial charge in [-0.2, -0.15) is 0 Å².